The number of fused-ring (bicyclic) bond motifs is 4. The minimum Gasteiger partial charge on any atom is -0.475 e. The third-order valence-corrected chi connectivity index (χ3v) is 7.31. The van der Waals surface area contributed by atoms with Crippen molar-refractivity contribution in [3.8, 4) is 0 Å². The largest absolute Gasteiger partial charge is 0.490 e. The van der Waals surface area contributed by atoms with Gasteiger partial charge in [0.15, 0.2) is 0 Å². The van der Waals surface area contributed by atoms with Crippen LogP contribution >= 0.6 is 34.3 Å². The maximum Gasteiger partial charge on any atom is 0.490 e. The van der Waals surface area contributed by atoms with E-state index in [1.54, 1.807) is 6.07 Å². The maximum atomic E-state index is 12.7. The van der Waals surface area contributed by atoms with Gasteiger partial charge in [-0.1, -0.05) is 11.6 Å². The van der Waals surface area contributed by atoms with Gasteiger partial charge < -0.3 is 20.6 Å². The summed E-state index contributed by atoms with van der Waals surface area (Å²) in [6.45, 7) is 1.93. The minimum absolute atomic E-state index is 0.204. The van der Waals surface area contributed by atoms with E-state index in [1.165, 1.54) is 35.5 Å². The van der Waals surface area contributed by atoms with E-state index >= 15 is 0 Å². The van der Waals surface area contributed by atoms with Crippen molar-refractivity contribution < 1.29 is 27.9 Å². The van der Waals surface area contributed by atoms with Crippen molar-refractivity contribution in [3.05, 3.63) is 32.9 Å². The summed E-state index contributed by atoms with van der Waals surface area (Å²) in [5.74, 6) is -2.10. The lowest BCUT2D eigenvalue weighted by Gasteiger charge is -2.46. The fourth-order valence-corrected chi connectivity index (χ4v) is 5.32. The number of carbonyl (C=O) groups is 2. The quantitative estimate of drug-likeness (QED) is 0.475. The van der Waals surface area contributed by atoms with Crippen molar-refractivity contribution in [2.45, 2.75) is 31.1 Å². The highest BCUT2D eigenvalue weighted by Crippen LogP contribution is 2.32. The molecule has 6 heterocycles. The molecule has 3 N–H and O–H groups in total. The number of thiophene rings is 2. The van der Waals surface area contributed by atoms with Gasteiger partial charge in [0.2, 0.25) is 0 Å². The molecule has 176 valence electrons. The van der Waals surface area contributed by atoms with Gasteiger partial charge in [-0.15, -0.1) is 22.7 Å². The summed E-state index contributed by atoms with van der Waals surface area (Å²) < 4.78 is 32.3. The monoisotopic (exact) mass is 519 g/mol. The fraction of sp³-hybridized carbons (Fsp3) is 0.368. The lowest BCUT2D eigenvalue weighted by Crippen LogP contribution is -2.61. The first-order valence-corrected chi connectivity index (χ1v) is 11.9. The average Bonchev–Trinajstić information content (AvgIpc) is 3.40. The molecule has 0 unspecified atom stereocenters. The Morgan fingerprint density at radius 2 is 2.06 bits per heavy atom. The second-order valence-corrected chi connectivity index (χ2v) is 9.76. The van der Waals surface area contributed by atoms with Gasteiger partial charge in [0.05, 0.1) is 17.4 Å². The van der Waals surface area contributed by atoms with Gasteiger partial charge in [-0.25, -0.2) is 14.8 Å². The van der Waals surface area contributed by atoms with E-state index < -0.39 is 12.1 Å². The standard InChI is InChI=1S/C17H16ClN5OS2.C2HF3O2/c18-15-12(3-4-25-15)21-16(24)11-8-26-17-14(11)22-13(6-20-17)23-7-9-1-2-10(23)5-19-9;3-2(4,5)1(6)7/h3-4,6,8-10,19H,1-2,5,7H2,(H,21,24);(H,6,7)/t9-,10-;/m1./s1. The summed E-state index contributed by atoms with van der Waals surface area (Å²) in [4.78, 5) is 34.1. The van der Waals surface area contributed by atoms with Crippen LogP contribution in [0.25, 0.3) is 10.3 Å². The van der Waals surface area contributed by atoms with Crippen molar-refractivity contribution in [3.63, 3.8) is 0 Å². The zero-order chi connectivity index (χ0) is 23.8. The number of amides is 1. The van der Waals surface area contributed by atoms with Crippen molar-refractivity contribution in [1.82, 2.24) is 15.3 Å². The number of nitrogens with zero attached hydrogens (tertiary/aromatic N) is 3. The number of piperidine rings is 2. The number of aromatic nitrogens is 2. The number of hydrogen-bond donors (Lipinski definition) is 3. The SMILES string of the molecule is O=C(Nc1ccsc1Cl)c1csc2ncc(N3C[C@H]4CC[C@@H]3CN4)nc12.O=C(O)C(F)(F)F. The zero-order valence-electron chi connectivity index (χ0n) is 16.7. The lowest BCUT2D eigenvalue weighted by molar-refractivity contribution is -0.192. The van der Waals surface area contributed by atoms with E-state index in [0.29, 0.717) is 33.2 Å². The number of carbonyl (C=O) groups excluding carboxylic acids is 1. The summed E-state index contributed by atoms with van der Waals surface area (Å²) in [7, 11) is 0. The molecule has 3 aromatic heterocycles. The summed E-state index contributed by atoms with van der Waals surface area (Å²) >= 11 is 8.91. The predicted molar refractivity (Wildman–Crippen MR) is 121 cm³/mol. The van der Waals surface area contributed by atoms with Crippen LogP contribution in [0.3, 0.4) is 0 Å². The molecule has 1 amide bonds. The number of piperazine rings is 1. The van der Waals surface area contributed by atoms with Crippen LogP contribution in [0.1, 0.15) is 23.2 Å². The van der Waals surface area contributed by atoms with Crippen LogP contribution in [-0.2, 0) is 4.79 Å². The Morgan fingerprint density at radius 3 is 2.61 bits per heavy atom. The number of alkyl halides is 3. The van der Waals surface area contributed by atoms with Crippen LogP contribution in [0.15, 0.2) is 23.0 Å². The third kappa shape index (κ3) is 5.21. The van der Waals surface area contributed by atoms with Gasteiger partial charge in [-0.2, -0.15) is 13.2 Å². The zero-order valence-corrected chi connectivity index (χ0v) is 19.1. The number of carboxylic acid groups (broad SMARTS) is 1. The molecule has 33 heavy (non-hydrogen) atoms. The highest BCUT2D eigenvalue weighted by Gasteiger charge is 2.38. The fourth-order valence-electron chi connectivity index (χ4n) is 3.66. The van der Waals surface area contributed by atoms with Gasteiger partial charge in [0.25, 0.3) is 5.91 Å². The Bertz CT molecular complexity index is 1180. The molecule has 3 aliphatic heterocycles. The topological polar surface area (TPSA) is 107 Å². The molecule has 0 spiro atoms. The number of aliphatic carboxylic acids is 1. The average molecular weight is 520 g/mol. The Kier molecular flexibility index (Phi) is 6.75. The van der Waals surface area contributed by atoms with E-state index in [-0.39, 0.29) is 5.91 Å². The second-order valence-electron chi connectivity index (χ2n) is 7.39. The molecule has 0 radical (unpaired) electrons. The molecule has 3 aromatic rings. The summed E-state index contributed by atoms with van der Waals surface area (Å²) in [5, 5.41) is 17.2. The van der Waals surface area contributed by atoms with Crippen LogP contribution in [-0.4, -0.2) is 58.3 Å². The van der Waals surface area contributed by atoms with Gasteiger partial charge >= 0.3 is 12.1 Å². The molecule has 2 bridgehead atoms. The molecule has 8 nitrogen and oxygen atoms in total. The Balaban J connectivity index is 0.000000325. The van der Waals surface area contributed by atoms with Crippen LogP contribution < -0.4 is 15.5 Å². The number of halogens is 4. The molecule has 0 aliphatic carbocycles. The number of hydrogen-bond acceptors (Lipinski definition) is 8. The Morgan fingerprint density at radius 1 is 1.30 bits per heavy atom. The minimum atomic E-state index is -5.08. The molecule has 3 fully saturated rings. The third-order valence-electron chi connectivity index (χ3n) is 5.27. The second kappa shape index (κ2) is 9.41. The molecular weight excluding hydrogens is 503 g/mol. The van der Waals surface area contributed by atoms with E-state index in [1.807, 2.05) is 17.0 Å². The van der Waals surface area contributed by atoms with Crippen LogP contribution in [0.5, 0.6) is 0 Å². The van der Waals surface area contributed by atoms with E-state index in [2.05, 4.69) is 20.5 Å². The van der Waals surface area contributed by atoms with Crippen molar-refractivity contribution in [2.24, 2.45) is 0 Å². The van der Waals surface area contributed by atoms with Crippen molar-refractivity contribution in [1.29, 1.82) is 0 Å². The lowest BCUT2D eigenvalue weighted by atomic mass is 9.93. The van der Waals surface area contributed by atoms with Crippen molar-refractivity contribution >= 4 is 68.0 Å². The number of anilines is 2. The number of nitrogens with one attached hydrogen (secondary N) is 2. The first-order chi connectivity index (χ1) is 15.6. The number of rotatable bonds is 3. The summed E-state index contributed by atoms with van der Waals surface area (Å²) in [6, 6.07) is 2.77. The van der Waals surface area contributed by atoms with E-state index in [0.717, 1.165) is 23.7 Å². The molecule has 3 saturated heterocycles. The van der Waals surface area contributed by atoms with E-state index in [4.69, 9.17) is 26.5 Å². The molecule has 0 aromatic carbocycles. The normalized spacial score (nSPS) is 19.8. The molecule has 2 atom stereocenters. The van der Waals surface area contributed by atoms with Crippen LogP contribution in [0.2, 0.25) is 4.34 Å². The maximum absolute atomic E-state index is 12.7. The Labute approximate surface area is 198 Å². The van der Waals surface area contributed by atoms with Crippen molar-refractivity contribution in [2.75, 3.05) is 23.3 Å². The number of carboxylic acids is 1. The smallest absolute Gasteiger partial charge is 0.475 e. The van der Waals surface area contributed by atoms with Gasteiger partial charge in [0.1, 0.15) is 20.5 Å². The predicted octanol–water partition coefficient (Wildman–Crippen LogP) is 4.23. The van der Waals surface area contributed by atoms with Gasteiger partial charge in [0, 0.05) is 30.6 Å². The molecule has 3 aliphatic rings. The highest BCUT2D eigenvalue weighted by atomic mass is 35.5. The highest BCUT2D eigenvalue weighted by molar-refractivity contribution is 7.17. The molecule has 0 saturated carbocycles. The van der Waals surface area contributed by atoms with Crippen LogP contribution in [0, 0.1) is 0 Å². The van der Waals surface area contributed by atoms with E-state index in [9.17, 15) is 18.0 Å². The molecular formula is C19H17ClF3N5O3S2. The molecule has 6 rings (SSSR count). The summed E-state index contributed by atoms with van der Waals surface area (Å²) in [6.07, 6.45) is -0.869. The van der Waals surface area contributed by atoms with Gasteiger partial charge in [-0.3, -0.25) is 4.79 Å². The Hall–Kier alpha value is -2.48. The van der Waals surface area contributed by atoms with Crippen LogP contribution in [0.4, 0.5) is 24.7 Å². The first-order valence-electron chi connectivity index (χ1n) is 9.72. The summed E-state index contributed by atoms with van der Waals surface area (Å²) in [5.41, 5.74) is 1.83. The first kappa shape index (κ1) is 23.7. The van der Waals surface area contributed by atoms with Gasteiger partial charge in [-0.05, 0) is 24.3 Å². The molecule has 14 heteroatoms.